The summed E-state index contributed by atoms with van der Waals surface area (Å²) in [6.07, 6.45) is 0.226. The molecule has 8 heteroatoms. The van der Waals surface area contributed by atoms with Gasteiger partial charge in [-0.2, -0.15) is 0 Å². The van der Waals surface area contributed by atoms with Gasteiger partial charge in [0.15, 0.2) is 0 Å². The molecule has 0 saturated carbocycles. The Labute approximate surface area is 197 Å². The maximum atomic E-state index is 13.4. The van der Waals surface area contributed by atoms with Gasteiger partial charge in [-0.25, -0.2) is 9.78 Å². The SMILES string of the molecule is CCN(CC)CCNC(=O)[C@]1(CC)OC(=O)c2c1cc1n(c2=O)Cc2cc3ccccc3nc2-1. The Morgan fingerprint density at radius 3 is 2.68 bits per heavy atom. The van der Waals surface area contributed by atoms with Crippen molar-refractivity contribution in [2.24, 2.45) is 0 Å². The highest BCUT2D eigenvalue weighted by molar-refractivity contribution is 6.02. The van der Waals surface area contributed by atoms with Crippen LogP contribution >= 0.6 is 0 Å². The second kappa shape index (κ2) is 8.36. The Hall–Kier alpha value is -3.52. The number of nitrogens with one attached hydrogen (secondary N) is 1. The molecule has 1 atom stereocenters. The van der Waals surface area contributed by atoms with Gasteiger partial charge in [0.25, 0.3) is 11.5 Å². The summed E-state index contributed by atoms with van der Waals surface area (Å²) in [5, 5.41) is 3.92. The summed E-state index contributed by atoms with van der Waals surface area (Å²) >= 11 is 0. The van der Waals surface area contributed by atoms with Gasteiger partial charge in [-0.3, -0.25) is 9.59 Å². The van der Waals surface area contributed by atoms with E-state index in [0.29, 0.717) is 36.6 Å². The molecule has 4 heterocycles. The fourth-order valence-electron chi connectivity index (χ4n) is 5.05. The zero-order chi connectivity index (χ0) is 24.0. The molecule has 2 aromatic heterocycles. The number of carbonyl (C=O) groups is 2. The van der Waals surface area contributed by atoms with Crippen LogP contribution in [0, 0.1) is 0 Å². The molecule has 0 spiro atoms. The summed E-state index contributed by atoms with van der Waals surface area (Å²) in [5.74, 6) is -1.14. The zero-order valence-electron chi connectivity index (χ0n) is 19.7. The summed E-state index contributed by atoms with van der Waals surface area (Å²) in [7, 11) is 0. The molecule has 34 heavy (non-hydrogen) atoms. The lowest BCUT2D eigenvalue weighted by molar-refractivity contribution is -0.140. The number of esters is 1. The lowest BCUT2D eigenvalue weighted by atomic mass is 9.88. The molecule has 0 bridgehead atoms. The topological polar surface area (TPSA) is 93.5 Å². The second-order valence-corrected chi connectivity index (χ2v) is 8.75. The van der Waals surface area contributed by atoms with Gasteiger partial charge >= 0.3 is 5.97 Å². The van der Waals surface area contributed by atoms with E-state index in [1.54, 1.807) is 17.6 Å². The van der Waals surface area contributed by atoms with Crippen molar-refractivity contribution in [3.63, 3.8) is 0 Å². The Morgan fingerprint density at radius 2 is 1.94 bits per heavy atom. The molecule has 0 saturated heterocycles. The van der Waals surface area contributed by atoms with Crippen LogP contribution in [0.5, 0.6) is 0 Å². The zero-order valence-corrected chi connectivity index (χ0v) is 19.7. The van der Waals surface area contributed by atoms with E-state index in [9.17, 15) is 14.4 Å². The number of aromatic nitrogens is 2. The first-order valence-corrected chi connectivity index (χ1v) is 11.8. The van der Waals surface area contributed by atoms with E-state index in [1.165, 1.54) is 0 Å². The molecule has 2 aliphatic rings. The summed E-state index contributed by atoms with van der Waals surface area (Å²) < 4.78 is 7.22. The molecule has 8 nitrogen and oxygen atoms in total. The van der Waals surface area contributed by atoms with E-state index in [0.717, 1.165) is 29.6 Å². The highest BCUT2D eigenvalue weighted by atomic mass is 16.6. The molecular formula is C26H28N4O4. The largest absolute Gasteiger partial charge is 0.440 e. The monoisotopic (exact) mass is 460 g/mol. The van der Waals surface area contributed by atoms with Crippen LogP contribution in [0.1, 0.15) is 48.7 Å². The van der Waals surface area contributed by atoms with Crippen LogP contribution in [0.25, 0.3) is 22.3 Å². The molecular weight excluding hydrogens is 432 g/mol. The van der Waals surface area contributed by atoms with E-state index >= 15 is 0 Å². The first-order chi connectivity index (χ1) is 16.4. The summed E-state index contributed by atoms with van der Waals surface area (Å²) in [5.41, 5.74) is 1.36. The van der Waals surface area contributed by atoms with Crippen molar-refractivity contribution < 1.29 is 14.3 Å². The minimum atomic E-state index is -1.52. The van der Waals surface area contributed by atoms with Gasteiger partial charge in [-0.05, 0) is 37.7 Å². The average molecular weight is 461 g/mol. The number of fused-ring (bicyclic) bond motifs is 5. The van der Waals surface area contributed by atoms with Crippen LogP contribution in [0.2, 0.25) is 0 Å². The van der Waals surface area contributed by atoms with Gasteiger partial charge in [-0.15, -0.1) is 0 Å². The third-order valence-corrected chi connectivity index (χ3v) is 7.05. The molecule has 3 aromatic rings. The normalized spacial score (nSPS) is 18.1. The van der Waals surface area contributed by atoms with Gasteiger partial charge < -0.3 is 19.5 Å². The minimum absolute atomic E-state index is 0.0538. The van der Waals surface area contributed by atoms with Crippen LogP contribution in [0.3, 0.4) is 0 Å². The number of likely N-dealkylation sites (N-methyl/N-ethyl adjacent to an activating group) is 1. The number of nitrogens with zero attached hydrogens (tertiary/aromatic N) is 3. The molecule has 1 N–H and O–H groups in total. The molecule has 2 aliphatic heterocycles. The fraction of sp³-hybridized carbons (Fsp3) is 0.385. The smallest absolute Gasteiger partial charge is 0.345 e. The number of cyclic esters (lactones) is 1. The number of ether oxygens (including phenoxy) is 1. The molecule has 0 unspecified atom stereocenters. The molecule has 1 amide bonds. The first-order valence-electron chi connectivity index (χ1n) is 11.8. The van der Waals surface area contributed by atoms with Gasteiger partial charge in [0, 0.05) is 29.6 Å². The Morgan fingerprint density at radius 1 is 1.18 bits per heavy atom. The van der Waals surface area contributed by atoms with E-state index in [2.05, 4.69) is 24.1 Å². The number of hydrogen-bond acceptors (Lipinski definition) is 6. The summed E-state index contributed by atoms with van der Waals surface area (Å²) in [4.78, 5) is 46.6. The Balaban J connectivity index is 1.57. The van der Waals surface area contributed by atoms with E-state index in [4.69, 9.17) is 9.72 Å². The predicted molar refractivity (Wildman–Crippen MR) is 129 cm³/mol. The Kier molecular flexibility index (Phi) is 5.48. The van der Waals surface area contributed by atoms with Crippen molar-refractivity contribution in [3.8, 4) is 11.4 Å². The molecule has 5 rings (SSSR count). The summed E-state index contributed by atoms with van der Waals surface area (Å²) in [6.45, 7) is 9.13. The molecule has 176 valence electrons. The summed E-state index contributed by atoms with van der Waals surface area (Å²) in [6, 6.07) is 11.6. The molecule has 0 aliphatic carbocycles. The second-order valence-electron chi connectivity index (χ2n) is 8.75. The van der Waals surface area contributed by atoms with E-state index < -0.39 is 23.0 Å². The number of para-hydroxylation sites is 1. The third kappa shape index (κ3) is 3.24. The van der Waals surface area contributed by atoms with Crippen molar-refractivity contribution in [1.29, 1.82) is 0 Å². The van der Waals surface area contributed by atoms with E-state index in [1.807, 2.05) is 30.3 Å². The molecule has 1 aromatic carbocycles. The fourth-order valence-corrected chi connectivity index (χ4v) is 5.05. The van der Waals surface area contributed by atoms with Gasteiger partial charge in [0.1, 0.15) is 5.56 Å². The van der Waals surface area contributed by atoms with Crippen LogP contribution in [-0.4, -0.2) is 52.5 Å². The van der Waals surface area contributed by atoms with Crippen molar-refractivity contribution in [2.75, 3.05) is 26.2 Å². The lowest BCUT2D eigenvalue weighted by Crippen LogP contribution is -2.46. The quantitative estimate of drug-likeness (QED) is 0.426. The highest BCUT2D eigenvalue weighted by Crippen LogP contribution is 2.42. The lowest BCUT2D eigenvalue weighted by Gasteiger charge is -2.27. The Bertz CT molecular complexity index is 1380. The molecule has 0 radical (unpaired) electrons. The van der Waals surface area contributed by atoms with Gasteiger partial charge in [0.05, 0.1) is 23.4 Å². The standard InChI is InChI=1S/C26H28N4O4/c1-4-26(25(33)27-11-12-29(5-2)6-3)18-14-20-22-17(13-16-9-7-8-10-19(16)28-22)15-30(20)23(31)21(18)24(32)34-26/h7-10,13-14H,4-6,11-12,15H2,1-3H3,(H,27,33)/t26-/m1/s1. The van der Waals surface area contributed by atoms with Gasteiger partial charge in [0.2, 0.25) is 5.60 Å². The maximum Gasteiger partial charge on any atom is 0.345 e. The van der Waals surface area contributed by atoms with Gasteiger partial charge in [-0.1, -0.05) is 39.0 Å². The van der Waals surface area contributed by atoms with Crippen molar-refractivity contribution in [1.82, 2.24) is 19.8 Å². The van der Waals surface area contributed by atoms with Crippen molar-refractivity contribution in [3.05, 3.63) is 63.4 Å². The maximum absolute atomic E-state index is 13.4. The number of amides is 1. The van der Waals surface area contributed by atoms with Crippen LogP contribution in [0.15, 0.2) is 41.2 Å². The predicted octanol–water partition coefficient (Wildman–Crippen LogP) is 2.66. The number of carbonyl (C=O) groups excluding carboxylic acids is 2. The highest BCUT2D eigenvalue weighted by Gasteiger charge is 2.52. The van der Waals surface area contributed by atoms with Crippen LogP contribution in [-0.2, 0) is 21.7 Å². The van der Waals surface area contributed by atoms with Crippen molar-refractivity contribution in [2.45, 2.75) is 39.3 Å². The van der Waals surface area contributed by atoms with Crippen LogP contribution < -0.4 is 10.9 Å². The van der Waals surface area contributed by atoms with Crippen molar-refractivity contribution >= 4 is 22.8 Å². The number of rotatable bonds is 7. The minimum Gasteiger partial charge on any atom is -0.440 e. The van der Waals surface area contributed by atoms with Crippen LogP contribution in [0.4, 0.5) is 0 Å². The molecule has 0 fully saturated rings. The number of benzene rings is 1. The first kappa shape index (κ1) is 22.3. The average Bonchev–Trinajstić information content (AvgIpc) is 3.36. The van der Waals surface area contributed by atoms with E-state index in [-0.39, 0.29) is 12.0 Å². The number of hydrogen-bond donors (Lipinski definition) is 1. The third-order valence-electron chi connectivity index (χ3n) is 7.05. The number of pyridine rings is 2.